The minimum Gasteiger partial charge on any atom is -0.478 e. The van der Waals surface area contributed by atoms with Crippen LogP contribution in [0.5, 0.6) is 0 Å². The molecule has 0 aliphatic heterocycles. The normalized spacial score (nSPS) is 10.4. The van der Waals surface area contributed by atoms with E-state index in [1.54, 1.807) is 19.1 Å². The van der Waals surface area contributed by atoms with E-state index in [4.69, 9.17) is 16.7 Å². The fourth-order valence-corrected chi connectivity index (χ4v) is 1.93. The summed E-state index contributed by atoms with van der Waals surface area (Å²) in [6.45, 7) is 1.61. The summed E-state index contributed by atoms with van der Waals surface area (Å²) in [7, 11) is 0. The largest absolute Gasteiger partial charge is 0.478 e. The molecule has 1 aromatic carbocycles. The lowest BCUT2D eigenvalue weighted by molar-refractivity contribution is 0.0697. The smallest absolute Gasteiger partial charge is 0.339 e. The Hall–Kier alpha value is -1.94. The number of aromatic nitrogens is 1. The van der Waals surface area contributed by atoms with Crippen molar-refractivity contribution in [1.82, 2.24) is 4.98 Å². The third kappa shape index (κ3) is 2.19. The lowest BCUT2D eigenvalue weighted by Crippen LogP contribution is -2.02. The van der Waals surface area contributed by atoms with E-state index in [1.807, 2.05) is 0 Å². The second-order valence-electron chi connectivity index (χ2n) is 3.79. The number of rotatable bonds is 2. The molecule has 0 bridgehead atoms. The highest BCUT2D eigenvalue weighted by molar-refractivity contribution is 6.33. The van der Waals surface area contributed by atoms with E-state index in [-0.39, 0.29) is 16.5 Å². The van der Waals surface area contributed by atoms with Crippen molar-refractivity contribution < 1.29 is 14.3 Å². The van der Waals surface area contributed by atoms with Crippen molar-refractivity contribution in [2.24, 2.45) is 0 Å². The van der Waals surface area contributed by atoms with Crippen molar-refractivity contribution in [3.8, 4) is 11.1 Å². The first kappa shape index (κ1) is 12.5. The summed E-state index contributed by atoms with van der Waals surface area (Å²) < 4.78 is 13.2. The molecule has 3 nitrogen and oxygen atoms in total. The van der Waals surface area contributed by atoms with Crippen molar-refractivity contribution >= 4 is 17.6 Å². The number of carboxylic acid groups (broad SMARTS) is 1. The maximum atomic E-state index is 13.2. The van der Waals surface area contributed by atoms with Crippen LogP contribution in [0.4, 0.5) is 4.39 Å². The zero-order valence-corrected chi connectivity index (χ0v) is 10.2. The van der Waals surface area contributed by atoms with Crippen molar-refractivity contribution in [3.05, 3.63) is 52.6 Å². The summed E-state index contributed by atoms with van der Waals surface area (Å²) in [5, 5.41) is 9.05. The fraction of sp³-hybridized carbons (Fsp3) is 0.0769. The molecule has 0 aliphatic rings. The van der Waals surface area contributed by atoms with Gasteiger partial charge in [-0.1, -0.05) is 17.7 Å². The number of carboxylic acids is 1. The lowest BCUT2D eigenvalue weighted by Gasteiger charge is -2.08. The van der Waals surface area contributed by atoms with Gasteiger partial charge in [0.25, 0.3) is 0 Å². The average Bonchev–Trinajstić information content (AvgIpc) is 2.32. The van der Waals surface area contributed by atoms with Crippen LogP contribution >= 0.6 is 11.6 Å². The molecule has 5 heteroatoms. The van der Waals surface area contributed by atoms with Gasteiger partial charge in [0.15, 0.2) is 0 Å². The molecule has 0 atom stereocenters. The van der Waals surface area contributed by atoms with Crippen LogP contribution in [0.1, 0.15) is 15.9 Å². The number of pyridine rings is 1. The van der Waals surface area contributed by atoms with Gasteiger partial charge >= 0.3 is 5.97 Å². The molecule has 1 heterocycles. The molecule has 0 aliphatic carbocycles. The second kappa shape index (κ2) is 4.74. The molecular formula is C13H9ClFNO2. The van der Waals surface area contributed by atoms with Crippen LogP contribution in [0, 0.1) is 12.7 Å². The maximum Gasteiger partial charge on any atom is 0.339 e. The molecule has 1 aromatic heterocycles. The molecule has 0 unspecified atom stereocenters. The summed E-state index contributed by atoms with van der Waals surface area (Å²) in [4.78, 5) is 14.9. The van der Waals surface area contributed by atoms with Crippen molar-refractivity contribution in [1.29, 1.82) is 0 Å². The van der Waals surface area contributed by atoms with E-state index in [9.17, 15) is 9.18 Å². The summed E-state index contributed by atoms with van der Waals surface area (Å²) in [6.07, 6.45) is 1.42. The molecule has 1 N–H and O–H groups in total. The highest BCUT2D eigenvalue weighted by Gasteiger charge is 2.17. The Kier molecular flexibility index (Phi) is 3.30. The molecule has 0 amide bonds. The first-order chi connectivity index (χ1) is 8.50. The SMILES string of the molecule is Cc1cc(-c2ccnc(Cl)c2C(=O)O)ccc1F. The van der Waals surface area contributed by atoms with E-state index in [2.05, 4.69) is 4.98 Å². The van der Waals surface area contributed by atoms with Crippen LogP contribution in [0.25, 0.3) is 11.1 Å². The van der Waals surface area contributed by atoms with Crippen LogP contribution < -0.4 is 0 Å². The molecule has 0 radical (unpaired) electrons. The molecule has 0 fully saturated rings. The Morgan fingerprint density at radius 3 is 2.72 bits per heavy atom. The Morgan fingerprint density at radius 1 is 1.39 bits per heavy atom. The number of aryl methyl sites for hydroxylation is 1. The fourth-order valence-electron chi connectivity index (χ4n) is 1.69. The minimum absolute atomic E-state index is 0.0785. The van der Waals surface area contributed by atoms with Crippen molar-refractivity contribution in [3.63, 3.8) is 0 Å². The van der Waals surface area contributed by atoms with Gasteiger partial charge in [0.05, 0.1) is 0 Å². The van der Waals surface area contributed by atoms with Crippen molar-refractivity contribution in [2.75, 3.05) is 0 Å². The van der Waals surface area contributed by atoms with Gasteiger partial charge in [-0.15, -0.1) is 0 Å². The number of aromatic carboxylic acids is 1. The Morgan fingerprint density at radius 2 is 2.11 bits per heavy atom. The van der Waals surface area contributed by atoms with Crippen LogP contribution in [0.15, 0.2) is 30.5 Å². The van der Waals surface area contributed by atoms with Crippen LogP contribution in [0.2, 0.25) is 5.15 Å². The molecule has 18 heavy (non-hydrogen) atoms. The van der Waals surface area contributed by atoms with E-state index in [1.165, 1.54) is 18.3 Å². The summed E-state index contributed by atoms with van der Waals surface area (Å²) in [5.41, 5.74) is 1.38. The third-order valence-corrected chi connectivity index (χ3v) is 2.87. The molecule has 2 aromatic rings. The Labute approximate surface area is 108 Å². The monoisotopic (exact) mass is 265 g/mol. The van der Waals surface area contributed by atoms with Gasteiger partial charge in [0.1, 0.15) is 16.5 Å². The number of benzene rings is 1. The highest BCUT2D eigenvalue weighted by atomic mass is 35.5. The van der Waals surface area contributed by atoms with E-state index in [0.29, 0.717) is 16.7 Å². The van der Waals surface area contributed by atoms with Crippen LogP contribution in [-0.4, -0.2) is 16.1 Å². The number of halogens is 2. The van der Waals surface area contributed by atoms with Gasteiger partial charge in [-0.3, -0.25) is 0 Å². The zero-order chi connectivity index (χ0) is 13.3. The Balaban J connectivity index is 2.67. The predicted molar refractivity (Wildman–Crippen MR) is 66.3 cm³/mol. The van der Waals surface area contributed by atoms with Gasteiger partial charge in [-0.25, -0.2) is 14.2 Å². The van der Waals surface area contributed by atoms with Crippen molar-refractivity contribution in [2.45, 2.75) is 6.92 Å². The van der Waals surface area contributed by atoms with Gasteiger partial charge < -0.3 is 5.11 Å². The maximum absolute atomic E-state index is 13.2. The predicted octanol–water partition coefficient (Wildman–Crippen LogP) is 3.55. The minimum atomic E-state index is -1.16. The lowest BCUT2D eigenvalue weighted by atomic mass is 10.00. The summed E-state index contributed by atoms with van der Waals surface area (Å²) >= 11 is 5.78. The number of hydrogen-bond acceptors (Lipinski definition) is 2. The number of nitrogens with zero attached hydrogens (tertiary/aromatic N) is 1. The number of hydrogen-bond donors (Lipinski definition) is 1. The van der Waals surface area contributed by atoms with Gasteiger partial charge in [0.2, 0.25) is 0 Å². The summed E-state index contributed by atoms with van der Waals surface area (Å²) in [6, 6.07) is 5.93. The highest BCUT2D eigenvalue weighted by Crippen LogP contribution is 2.28. The molecule has 0 saturated heterocycles. The van der Waals surface area contributed by atoms with Gasteiger partial charge in [-0.2, -0.15) is 0 Å². The second-order valence-corrected chi connectivity index (χ2v) is 4.15. The van der Waals surface area contributed by atoms with Gasteiger partial charge in [-0.05, 0) is 36.2 Å². The van der Waals surface area contributed by atoms with E-state index in [0.717, 1.165) is 0 Å². The summed E-state index contributed by atoms with van der Waals surface area (Å²) in [5.74, 6) is -1.50. The van der Waals surface area contributed by atoms with Gasteiger partial charge in [0, 0.05) is 11.8 Å². The molecule has 92 valence electrons. The van der Waals surface area contributed by atoms with E-state index < -0.39 is 5.97 Å². The average molecular weight is 266 g/mol. The molecule has 2 rings (SSSR count). The Bertz CT molecular complexity index is 628. The standard InChI is InChI=1S/C13H9ClFNO2/c1-7-6-8(2-3-10(7)15)9-4-5-16-12(14)11(9)13(17)18/h2-6H,1H3,(H,17,18). The molecular weight excluding hydrogens is 257 g/mol. The van der Waals surface area contributed by atoms with E-state index >= 15 is 0 Å². The number of carbonyl (C=O) groups is 1. The third-order valence-electron chi connectivity index (χ3n) is 2.59. The first-order valence-electron chi connectivity index (χ1n) is 5.15. The first-order valence-corrected chi connectivity index (χ1v) is 5.53. The topological polar surface area (TPSA) is 50.2 Å². The zero-order valence-electron chi connectivity index (χ0n) is 9.45. The molecule has 0 saturated carbocycles. The molecule has 0 spiro atoms. The van der Waals surface area contributed by atoms with Crippen LogP contribution in [-0.2, 0) is 0 Å². The quantitative estimate of drug-likeness (QED) is 0.845. The van der Waals surface area contributed by atoms with Crippen LogP contribution in [0.3, 0.4) is 0 Å².